The second-order valence-electron chi connectivity index (χ2n) is 2.87. The highest BCUT2D eigenvalue weighted by Crippen LogP contribution is 2.07. The molecular formula is C11H15N. The number of hydrogen-bond donors (Lipinski definition) is 0. The van der Waals surface area contributed by atoms with E-state index in [1.165, 1.54) is 11.1 Å². The standard InChI is InChI=1S/C11H15N/c1-4-12-10(3)11-8-6-5-7-9(11)2/h5-8H,4H2,1-3H3/b12-10+. The first-order valence-electron chi connectivity index (χ1n) is 4.32. The number of aliphatic imine (C=N–C) groups is 1. The molecule has 1 nitrogen and oxygen atoms in total. The van der Waals surface area contributed by atoms with Gasteiger partial charge < -0.3 is 0 Å². The molecule has 0 unspecified atom stereocenters. The van der Waals surface area contributed by atoms with Crippen molar-refractivity contribution < 1.29 is 0 Å². The van der Waals surface area contributed by atoms with Crippen LogP contribution in [0.2, 0.25) is 0 Å². The summed E-state index contributed by atoms with van der Waals surface area (Å²) in [5.41, 5.74) is 3.70. The van der Waals surface area contributed by atoms with Gasteiger partial charge in [0.05, 0.1) is 0 Å². The Hall–Kier alpha value is -1.11. The molecule has 0 heterocycles. The number of nitrogens with zero attached hydrogens (tertiary/aromatic N) is 1. The van der Waals surface area contributed by atoms with Crippen LogP contribution >= 0.6 is 0 Å². The van der Waals surface area contributed by atoms with E-state index in [0.29, 0.717) is 0 Å². The molecule has 64 valence electrons. The second-order valence-corrected chi connectivity index (χ2v) is 2.87. The molecular weight excluding hydrogens is 146 g/mol. The van der Waals surface area contributed by atoms with E-state index in [4.69, 9.17) is 0 Å². The molecule has 0 aliphatic carbocycles. The van der Waals surface area contributed by atoms with Crippen LogP contribution in [-0.4, -0.2) is 12.3 Å². The third kappa shape index (κ3) is 1.94. The zero-order valence-electron chi connectivity index (χ0n) is 7.96. The monoisotopic (exact) mass is 161 g/mol. The van der Waals surface area contributed by atoms with Crippen LogP contribution in [0.25, 0.3) is 0 Å². The molecule has 0 N–H and O–H groups in total. The number of aryl methyl sites for hydroxylation is 1. The molecule has 0 aliphatic heterocycles. The summed E-state index contributed by atoms with van der Waals surface area (Å²) < 4.78 is 0. The minimum absolute atomic E-state index is 0.861. The Bertz CT molecular complexity index is 287. The molecule has 0 saturated heterocycles. The van der Waals surface area contributed by atoms with Crippen molar-refractivity contribution in [3.05, 3.63) is 35.4 Å². The van der Waals surface area contributed by atoms with E-state index < -0.39 is 0 Å². The molecule has 1 rings (SSSR count). The van der Waals surface area contributed by atoms with Crippen molar-refractivity contribution in [3.63, 3.8) is 0 Å². The fourth-order valence-electron chi connectivity index (χ4n) is 1.30. The lowest BCUT2D eigenvalue weighted by Crippen LogP contribution is -1.97. The molecule has 0 amide bonds. The highest BCUT2D eigenvalue weighted by atomic mass is 14.7. The third-order valence-corrected chi connectivity index (χ3v) is 1.93. The summed E-state index contributed by atoms with van der Waals surface area (Å²) in [6.07, 6.45) is 0. The molecule has 0 aliphatic rings. The van der Waals surface area contributed by atoms with Crippen LogP contribution < -0.4 is 0 Å². The Morgan fingerprint density at radius 3 is 2.58 bits per heavy atom. The van der Waals surface area contributed by atoms with Crippen LogP contribution in [0.3, 0.4) is 0 Å². The van der Waals surface area contributed by atoms with Gasteiger partial charge in [0.15, 0.2) is 0 Å². The van der Waals surface area contributed by atoms with Crippen molar-refractivity contribution in [2.75, 3.05) is 6.54 Å². The lowest BCUT2D eigenvalue weighted by atomic mass is 10.1. The van der Waals surface area contributed by atoms with Crippen molar-refractivity contribution in [2.45, 2.75) is 20.8 Å². The van der Waals surface area contributed by atoms with Crippen LogP contribution in [0.5, 0.6) is 0 Å². The lowest BCUT2D eigenvalue weighted by Gasteiger charge is -2.03. The highest BCUT2D eigenvalue weighted by molar-refractivity contribution is 5.99. The second kappa shape index (κ2) is 4.05. The van der Waals surface area contributed by atoms with Gasteiger partial charge in [-0.15, -0.1) is 0 Å². The predicted molar refractivity (Wildman–Crippen MR) is 53.9 cm³/mol. The molecule has 0 fully saturated rings. The molecule has 0 atom stereocenters. The molecule has 1 aromatic rings. The van der Waals surface area contributed by atoms with E-state index in [1.54, 1.807) is 0 Å². The van der Waals surface area contributed by atoms with E-state index >= 15 is 0 Å². The summed E-state index contributed by atoms with van der Waals surface area (Å²) in [6, 6.07) is 8.34. The maximum Gasteiger partial charge on any atom is 0.0392 e. The van der Waals surface area contributed by atoms with E-state index in [0.717, 1.165) is 12.3 Å². The number of benzene rings is 1. The zero-order valence-corrected chi connectivity index (χ0v) is 7.96. The lowest BCUT2D eigenvalue weighted by molar-refractivity contribution is 1.12. The van der Waals surface area contributed by atoms with Gasteiger partial charge in [0.1, 0.15) is 0 Å². The van der Waals surface area contributed by atoms with Gasteiger partial charge in [-0.3, -0.25) is 4.99 Å². The zero-order chi connectivity index (χ0) is 8.97. The summed E-state index contributed by atoms with van der Waals surface area (Å²) in [5.74, 6) is 0. The van der Waals surface area contributed by atoms with Gasteiger partial charge >= 0.3 is 0 Å². The Balaban J connectivity index is 3.02. The van der Waals surface area contributed by atoms with Crippen molar-refractivity contribution in [3.8, 4) is 0 Å². The van der Waals surface area contributed by atoms with E-state index in [-0.39, 0.29) is 0 Å². The molecule has 0 spiro atoms. The molecule has 0 radical (unpaired) electrons. The average Bonchev–Trinajstić information content (AvgIpc) is 2.05. The van der Waals surface area contributed by atoms with Gasteiger partial charge in [-0.2, -0.15) is 0 Å². The molecule has 1 heteroatoms. The summed E-state index contributed by atoms with van der Waals surface area (Å²) >= 11 is 0. The topological polar surface area (TPSA) is 12.4 Å². The SMILES string of the molecule is CC/N=C(\C)c1ccccc1C. The number of hydrogen-bond acceptors (Lipinski definition) is 1. The van der Waals surface area contributed by atoms with Crippen LogP contribution in [0.4, 0.5) is 0 Å². The first-order chi connectivity index (χ1) is 5.75. The van der Waals surface area contributed by atoms with Crippen LogP contribution in [0.1, 0.15) is 25.0 Å². The minimum Gasteiger partial charge on any atom is -0.290 e. The van der Waals surface area contributed by atoms with Crippen LogP contribution in [-0.2, 0) is 0 Å². The Labute approximate surface area is 74.2 Å². The van der Waals surface area contributed by atoms with Crippen LogP contribution in [0, 0.1) is 6.92 Å². The molecule has 12 heavy (non-hydrogen) atoms. The predicted octanol–water partition coefficient (Wildman–Crippen LogP) is 2.82. The van der Waals surface area contributed by atoms with Gasteiger partial charge in [0.25, 0.3) is 0 Å². The first kappa shape index (κ1) is 8.98. The quantitative estimate of drug-likeness (QED) is 0.591. The van der Waals surface area contributed by atoms with Gasteiger partial charge in [0, 0.05) is 12.3 Å². The van der Waals surface area contributed by atoms with E-state index in [2.05, 4.69) is 50.0 Å². The fraction of sp³-hybridized carbons (Fsp3) is 0.364. The summed E-state index contributed by atoms with van der Waals surface area (Å²) in [7, 11) is 0. The van der Waals surface area contributed by atoms with Crippen molar-refractivity contribution in [2.24, 2.45) is 4.99 Å². The van der Waals surface area contributed by atoms with Crippen molar-refractivity contribution in [1.29, 1.82) is 0 Å². The highest BCUT2D eigenvalue weighted by Gasteiger charge is 1.98. The largest absolute Gasteiger partial charge is 0.290 e. The number of rotatable bonds is 2. The normalized spacial score (nSPS) is 11.8. The maximum absolute atomic E-state index is 4.37. The van der Waals surface area contributed by atoms with Gasteiger partial charge in [-0.25, -0.2) is 0 Å². The molecule has 0 saturated carbocycles. The molecule has 0 aromatic heterocycles. The van der Waals surface area contributed by atoms with Gasteiger partial charge in [-0.05, 0) is 31.9 Å². The summed E-state index contributed by atoms with van der Waals surface area (Å²) in [4.78, 5) is 4.37. The van der Waals surface area contributed by atoms with E-state index in [1.807, 2.05) is 0 Å². The fourth-order valence-corrected chi connectivity index (χ4v) is 1.30. The minimum atomic E-state index is 0.861. The Morgan fingerprint density at radius 2 is 2.00 bits per heavy atom. The smallest absolute Gasteiger partial charge is 0.0392 e. The van der Waals surface area contributed by atoms with Crippen LogP contribution in [0.15, 0.2) is 29.3 Å². The third-order valence-electron chi connectivity index (χ3n) is 1.93. The van der Waals surface area contributed by atoms with Gasteiger partial charge in [-0.1, -0.05) is 24.3 Å². The van der Waals surface area contributed by atoms with E-state index in [9.17, 15) is 0 Å². The Kier molecular flexibility index (Phi) is 3.03. The average molecular weight is 161 g/mol. The van der Waals surface area contributed by atoms with Crippen molar-refractivity contribution in [1.82, 2.24) is 0 Å². The van der Waals surface area contributed by atoms with Gasteiger partial charge in [0.2, 0.25) is 0 Å². The molecule has 0 bridgehead atoms. The first-order valence-corrected chi connectivity index (χ1v) is 4.32. The maximum atomic E-state index is 4.37. The molecule has 1 aromatic carbocycles. The van der Waals surface area contributed by atoms with Crippen molar-refractivity contribution >= 4 is 5.71 Å². The summed E-state index contributed by atoms with van der Waals surface area (Å²) in [6.45, 7) is 7.10. The Morgan fingerprint density at radius 1 is 1.33 bits per heavy atom. The summed E-state index contributed by atoms with van der Waals surface area (Å²) in [5, 5.41) is 0.